The van der Waals surface area contributed by atoms with Gasteiger partial charge in [0.15, 0.2) is 0 Å². The van der Waals surface area contributed by atoms with Gasteiger partial charge in [0.25, 0.3) is 0 Å². The Labute approximate surface area is 155 Å². The number of hydrogen-bond donors (Lipinski definition) is 3. The standard InChI is InChI=1S/C16H19Cl2N3O4/c17-12-2-1-9(5-13(12)18)11-8-21(15(23)4-3-14(19)22)7-10(11)6-20-16(24)25/h1-2,5,10-11,20H,3-4,6-8H2,(H2,19,22)(H,24,25)/t10-,11-/m1/s1. The van der Waals surface area contributed by atoms with Gasteiger partial charge in [-0.2, -0.15) is 0 Å². The molecule has 0 radical (unpaired) electrons. The third-order valence-corrected chi connectivity index (χ3v) is 5.01. The van der Waals surface area contributed by atoms with Gasteiger partial charge in [-0.05, 0) is 17.7 Å². The number of rotatable bonds is 6. The molecule has 1 aromatic rings. The average molecular weight is 388 g/mol. The summed E-state index contributed by atoms with van der Waals surface area (Å²) in [6.07, 6.45) is -1.08. The van der Waals surface area contributed by atoms with E-state index in [1.807, 2.05) is 6.07 Å². The predicted octanol–water partition coefficient (Wildman–Crippen LogP) is 2.07. The highest BCUT2D eigenvalue weighted by atomic mass is 35.5. The van der Waals surface area contributed by atoms with Gasteiger partial charge in [0.05, 0.1) is 10.0 Å². The molecule has 0 spiro atoms. The second-order valence-electron chi connectivity index (χ2n) is 5.99. The quantitative estimate of drug-likeness (QED) is 0.692. The minimum absolute atomic E-state index is 0.00911. The van der Waals surface area contributed by atoms with E-state index < -0.39 is 12.0 Å². The highest BCUT2D eigenvalue weighted by molar-refractivity contribution is 6.42. The van der Waals surface area contributed by atoms with Crippen molar-refractivity contribution in [3.8, 4) is 0 Å². The normalized spacial score (nSPS) is 19.7. The van der Waals surface area contributed by atoms with Crippen molar-refractivity contribution >= 4 is 41.1 Å². The molecule has 3 amide bonds. The molecule has 7 nitrogen and oxygen atoms in total. The molecule has 0 unspecified atom stereocenters. The van der Waals surface area contributed by atoms with E-state index >= 15 is 0 Å². The molecule has 0 saturated carbocycles. The molecule has 1 aliphatic rings. The van der Waals surface area contributed by atoms with E-state index in [2.05, 4.69) is 5.32 Å². The molecule has 0 bridgehead atoms. The van der Waals surface area contributed by atoms with E-state index in [-0.39, 0.29) is 37.1 Å². The van der Waals surface area contributed by atoms with Crippen LogP contribution in [0, 0.1) is 5.92 Å². The molecular formula is C16H19Cl2N3O4. The summed E-state index contributed by atoms with van der Waals surface area (Å²) in [7, 11) is 0. The molecule has 25 heavy (non-hydrogen) atoms. The number of nitrogens with zero attached hydrogens (tertiary/aromatic N) is 1. The Morgan fingerprint density at radius 1 is 1.20 bits per heavy atom. The largest absolute Gasteiger partial charge is 0.465 e. The smallest absolute Gasteiger partial charge is 0.404 e. The fourth-order valence-corrected chi connectivity index (χ4v) is 3.32. The van der Waals surface area contributed by atoms with Crippen molar-refractivity contribution in [2.45, 2.75) is 18.8 Å². The molecule has 1 saturated heterocycles. The van der Waals surface area contributed by atoms with Gasteiger partial charge in [-0.1, -0.05) is 29.3 Å². The third kappa shape index (κ3) is 5.24. The molecule has 0 aliphatic carbocycles. The van der Waals surface area contributed by atoms with Crippen molar-refractivity contribution in [2.24, 2.45) is 11.7 Å². The summed E-state index contributed by atoms with van der Waals surface area (Å²) in [5.41, 5.74) is 5.97. The first-order valence-corrected chi connectivity index (χ1v) is 8.51. The van der Waals surface area contributed by atoms with Gasteiger partial charge in [0, 0.05) is 44.3 Å². The van der Waals surface area contributed by atoms with E-state index in [1.165, 1.54) is 0 Å². The molecule has 1 aromatic carbocycles. The minimum atomic E-state index is -1.12. The third-order valence-electron chi connectivity index (χ3n) is 4.27. The number of hydrogen-bond acceptors (Lipinski definition) is 3. The van der Waals surface area contributed by atoms with Gasteiger partial charge >= 0.3 is 6.09 Å². The Bertz CT molecular complexity index is 683. The number of nitrogens with one attached hydrogen (secondary N) is 1. The number of carboxylic acid groups (broad SMARTS) is 1. The summed E-state index contributed by atoms with van der Waals surface area (Å²) in [6.45, 7) is 1.02. The Balaban J connectivity index is 2.15. The summed E-state index contributed by atoms with van der Waals surface area (Å²) >= 11 is 12.0. The van der Waals surface area contributed by atoms with Gasteiger partial charge in [0.1, 0.15) is 0 Å². The zero-order valence-electron chi connectivity index (χ0n) is 13.4. The van der Waals surface area contributed by atoms with Crippen molar-refractivity contribution in [1.82, 2.24) is 10.2 Å². The second-order valence-corrected chi connectivity index (χ2v) is 6.81. The van der Waals surface area contributed by atoms with Crippen LogP contribution in [0.1, 0.15) is 24.3 Å². The number of carbonyl (C=O) groups is 3. The maximum absolute atomic E-state index is 12.3. The Hall–Kier alpha value is -1.99. The fraction of sp³-hybridized carbons (Fsp3) is 0.438. The van der Waals surface area contributed by atoms with Crippen LogP contribution >= 0.6 is 23.2 Å². The molecule has 2 rings (SSSR count). The Morgan fingerprint density at radius 3 is 2.52 bits per heavy atom. The monoisotopic (exact) mass is 387 g/mol. The molecule has 9 heteroatoms. The fourth-order valence-electron chi connectivity index (χ4n) is 3.01. The predicted molar refractivity (Wildman–Crippen MR) is 93.7 cm³/mol. The molecule has 1 heterocycles. The summed E-state index contributed by atoms with van der Waals surface area (Å²) in [5.74, 6) is -0.899. The summed E-state index contributed by atoms with van der Waals surface area (Å²) in [4.78, 5) is 35.6. The molecule has 1 fully saturated rings. The lowest BCUT2D eigenvalue weighted by Gasteiger charge is -2.18. The first-order chi connectivity index (χ1) is 11.8. The van der Waals surface area contributed by atoms with Crippen LogP contribution in [0.3, 0.4) is 0 Å². The highest BCUT2D eigenvalue weighted by Gasteiger charge is 2.36. The zero-order chi connectivity index (χ0) is 18.6. The number of carbonyl (C=O) groups excluding carboxylic acids is 2. The van der Waals surface area contributed by atoms with E-state index in [0.717, 1.165) is 5.56 Å². The lowest BCUT2D eigenvalue weighted by Crippen LogP contribution is -2.33. The van der Waals surface area contributed by atoms with Crippen LogP contribution in [0.4, 0.5) is 4.79 Å². The summed E-state index contributed by atoms with van der Waals surface area (Å²) in [6, 6.07) is 5.24. The van der Waals surface area contributed by atoms with Gasteiger partial charge in [-0.15, -0.1) is 0 Å². The molecule has 0 aromatic heterocycles. The SMILES string of the molecule is NC(=O)CCC(=O)N1C[C@@H](CNC(=O)O)[C@@H](c2ccc(Cl)c(Cl)c2)C1. The van der Waals surface area contributed by atoms with Gasteiger partial charge in [-0.25, -0.2) is 4.79 Å². The molecule has 1 aliphatic heterocycles. The van der Waals surface area contributed by atoms with Crippen LogP contribution < -0.4 is 11.1 Å². The number of nitrogens with two attached hydrogens (primary N) is 1. The van der Waals surface area contributed by atoms with Gasteiger partial charge < -0.3 is 21.1 Å². The van der Waals surface area contributed by atoms with Gasteiger partial charge in [-0.3, -0.25) is 9.59 Å². The first kappa shape index (κ1) is 19.3. The second kappa shape index (κ2) is 8.40. The van der Waals surface area contributed by atoms with E-state index in [1.54, 1.807) is 17.0 Å². The first-order valence-electron chi connectivity index (χ1n) is 7.75. The Morgan fingerprint density at radius 2 is 1.92 bits per heavy atom. The topological polar surface area (TPSA) is 113 Å². The molecule has 4 N–H and O–H groups in total. The number of halogens is 2. The summed E-state index contributed by atoms with van der Waals surface area (Å²) in [5, 5.41) is 12.1. The van der Waals surface area contributed by atoms with Gasteiger partial charge in [0.2, 0.25) is 11.8 Å². The number of benzene rings is 1. The Kier molecular flexibility index (Phi) is 6.50. The van der Waals surface area contributed by atoms with Crippen molar-refractivity contribution in [3.63, 3.8) is 0 Å². The van der Waals surface area contributed by atoms with Crippen LogP contribution in [0.5, 0.6) is 0 Å². The van der Waals surface area contributed by atoms with Crippen LogP contribution in [0.2, 0.25) is 10.0 Å². The molecule has 136 valence electrons. The van der Waals surface area contributed by atoms with Crippen molar-refractivity contribution in [1.29, 1.82) is 0 Å². The number of primary amides is 1. The van der Waals surface area contributed by atoms with E-state index in [4.69, 9.17) is 34.0 Å². The van der Waals surface area contributed by atoms with E-state index in [0.29, 0.717) is 23.1 Å². The highest BCUT2D eigenvalue weighted by Crippen LogP contribution is 2.35. The average Bonchev–Trinajstić information content (AvgIpc) is 2.97. The van der Waals surface area contributed by atoms with Crippen molar-refractivity contribution in [3.05, 3.63) is 33.8 Å². The van der Waals surface area contributed by atoms with Crippen molar-refractivity contribution in [2.75, 3.05) is 19.6 Å². The maximum atomic E-state index is 12.3. The molecular weight excluding hydrogens is 369 g/mol. The number of likely N-dealkylation sites (tertiary alicyclic amines) is 1. The van der Waals surface area contributed by atoms with Crippen LogP contribution in [0.15, 0.2) is 18.2 Å². The van der Waals surface area contributed by atoms with Crippen LogP contribution in [0.25, 0.3) is 0 Å². The maximum Gasteiger partial charge on any atom is 0.404 e. The molecule has 2 atom stereocenters. The lowest BCUT2D eigenvalue weighted by atomic mass is 9.89. The van der Waals surface area contributed by atoms with Crippen molar-refractivity contribution < 1.29 is 19.5 Å². The van der Waals surface area contributed by atoms with Crippen LogP contribution in [-0.2, 0) is 9.59 Å². The summed E-state index contributed by atoms with van der Waals surface area (Å²) < 4.78 is 0. The van der Waals surface area contributed by atoms with Crippen LogP contribution in [-0.4, -0.2) is 47.5 Å². The number of amides is 3. The zero-order valence-corrected chi connectivity index (χ0v) is 14.9. The lowest BCUT2D eigenvalue weighted by molar-refractivity contribution is -0.132. The minimum Gasteiger partial charge on any atom is -0.465 e. The van der Waals surface area contributed by atoms with E-state index in [9.17, 15) is 14.4 Å².